The molecule has 0 aromatic heterocycles. The van der Waals surface area contributed by atoms with E-state index in [1.165, 1.54) is 17.4 Å². The molecule has 1 fully saturated rings. The maximum absolute atomic E-state index is 13.1. The fourth-order valence-corrected chi connectivity index (χ4v) is 5.24. The first-order chi connectivity index (χ1) is 15.0. The molecule has 0 spiro atoms. The van der Waals surface area contributed by atoms with E-state index in [1.807, 2.05) is 12.1 Å². The van der Waals surface area contributed by atoms with Gasteiger partial charge in [-0.2, -0.15) is 0 Å². The van der Waals surface area contributed by atoms with Crippen LogP contribution in [-0.2, 0) is 17.9 Å². The van der Waals surface area contributed by atoms with Gasteiger partial charge in [-0.3, -0.25) is 4.79 Å². The summed E-state index contributed by atoms with van der Waals surface area (Å²) in [5.74, 6) is 1.67. The average molecular weight is 486 g/mol. The molecule has 7 heteroatoms. The lowest BCUT2D eigenvalue weighted by molar-refractivity contribution is -0.922. The summed E-state index contributed by atoms with van der Waals surface area (Å²) < 4.78 is 17.9. The lowest BCUT2D eigenvalue weighted by atomic mass is 9.99. The molecule has 2 atom stereocenters. The number of carbonyl (C=O) groups is 1. The van der Waals surface area contributed by atoms with E-state index >= 15 is 0 Å². The Morgan fingerprint density at radius 3 is 3.00 bits per heavy atom. The summed E-state index contributed by atoms with van der Waals surface area (Å²) in [4.78, 5) is 14.5. The summed E-state index contributed by atoms with van der Waals surface area (Å²) in [6, 6.07) is 6.90. The van der Waals surface area contributed by atoms with Gasteiger partial charge in [-0.25, -0.2) is 0 Å². The number of quaternary nitrogens is 1. The normalized spacial score (nSPS) is 23.8. The molecule has 2 aromatic carbocycles. The lowest BCUT2D eigenvalue weighted by Gasteiger charge is -2.29. The maximum Gasteiger partial charge on any atom is 0.231 e. The Morgan fingerprint density at radius 2 is 2.16 bits per heavy atom. The van der Waals surface area contributed by atoms with Crippen LogP contribution in [0.1, 0.15) is 46.8 Å². The fourth-order valence-electron chi connectivity index (χ4n) is 4.72. The molecule has 6 nitrogen and oxygen atoms in total. The quantitative estimate of drug-likeness (QED) is 0.676. The highest BCUT2D eigenvalue weighted by atomic mass is 79.9. The third-order valence-electron chi connectivity index (χ3n) is 6.18. The molecule has 5 rings (SSSR count). The number of hydrogen-bond donors (Lipinski definition) is 1. The molecule has 3 aliphatic rings. The van der Waals surface area contributed by atoms with Crippen LogP contribution in [0.5, 0.6) is 17.2 Å². The van der Waals surface area contributed by atoms with Gasteiger partial charge < -0.3 is 24.2 Å². The van der Waals surface area contributed by atoms with Crippen molar-refractivity contribution in [3.8, 4) is 17.2 Å². The van der Waals surface area contributed by atoms with E-state index in [0.717, 1.165) is 35.1 Å². The Balaban J connectivity index is 1.49. The number of fused-ring (bicyclic) bond motifs is 2. The zero-order valence-corrected chi connectivity index (χ0v) is 18.9. The summed E-state index contributed by atoms with van der Waals surface area (Å²) in [6.07, 6.45) is 4.08. The number of carbonyl (C=O) groups excluding carboxylic acids is 1. The minimum atomic E-state index is -0.209. The first kappa shape index (κ1) is 20.5. The molecule has 0 bridgehead atoms. The molecule has 2 aromatic rings. The molecule has 31 heavy (non-hydrogen) atoms. The number of Topliss-reactive ketones (excluding diaryl/α,β-unsaturated/α-hetero) is 1. The van der Waals surface area contributed by atoms with Crippen molar-refractivity contribution in [1.29, 1.82) is 0 Å². The van der Waals surface area contributed by atoms with E-state index in [-0.39, 0.29) is 24.1 Å². The van der Waals surface area contributed by atoms with E-state index in [9.17, 15) is 9.90 Å². The standard InChI is InChI=1S/C24H24BrNO5/c1-14-3-2-6-26(10-14)11-19-20(27)5-4-18-22(28)21(31-24(18)19)9-15-7-17(25)8-16-12-29-13-30-23(15)16/h4-5,7-9,14,27H,2-3,6,10-13H2,1H3. The molecule has 1 N–H and O–H groups in total. The number of likely N-dealkylation sites (tertiary alicyclic amines) is 1. The number of hydrogen-bond acceptors (Lipinski definition) is 5. The van der Waals surface area contributed by atoms with Crippen LogP contribution in [0.4, 0.5) is 0 Å². The number of ketones is 1. The molecule has 0 amide bonds. The molecule has 2 unspecified atom stereocenters. The number of piperidine rings is 1. The Bertz CT molecular complexity index is 1080. The van der Waals surface area contributed by atoms with Gasteiger partial charge >= 0.3 is 0 Å². The van der Waals surface area contributed by atoms with E-state index in [0.29, 0.717) is 41.7 Å². The van der Waals surface area contributed by atoms with Crippen molar-refractivity contribution in [3.05, 3.63) is 56.8 Å². The van der Waals surface area contributed by atoms with Gasteiger partial charge in [0, 0.05) is 27.1 Å². The minimum absolute atomic E-state index is 0.0705. The van der Waals surface area contributed by atoms with Gasteiger partial charge in [-0.05, 0) is 37.1 Å². The second kappa shape index (κ2) is 8.30. The molecule has 3 heterocycles. The van der Waals surface area contributed by atoms with Gasteiger partial charge in [0.1, 0.15) is 18.0 Å². The average Bonchev–Trinajstić information content (AvgIpc) is 3.06. The van der Waals surface area contributed by atoms with E-state index < -0.39 is 0 Å². The van der Waals surface area contributed by atoms with Gasteiger partial charge in [0.05, 0.1) is 25.3 Å². The van der Waals surface area contributed by atoms with Crippen LogP contribution < -0.4 is 19.5 Å². The van der Waals surface area contributed by atoms with Crippen LogP contribution in [0.15, 0.2) is 34.5 Å². The molecule has 162 valence electrons. The molecule has 0 saturated carbocycles. The van der Waals surface area contributed by atoms with Crippen molar-refractivity contribution in [1.82, 2.24) is 0 Å². The van der Waals surface area contributed by atoms with Crippen molar-refractivity contribution in [3.63, 3.8) is 0 Å². The Labute approximate surface area is 189 Å². The van der Waals surface area contributed by atoms with Crippen molar-refractivity contribution < 1.29 is 29.0 Å². The predicted octanol–water partition coefficient (Wildman–Crippen LogP) is 2.82. The number of halogens is 1. The zero-order valence-electron chi connectivity index (χ0n) is 17.3. The number of nitrogens with one attached hydrogen (secondary N) is 1. The highest BCUT2D eigenvalue weighted by molar-refractivity contribution is 9.10. The molecule has 3 aliphatic heterocycles. The third kappa shape index (κ3) is 3.97. The van der Waals surface area contributed by atoms with Gasteiger partial charge in [0.2, 0.25) is 5.78 Å². The highest BCUT2D eigenvalue weighted by Gasteiger charge is 2.32. The van der Waals surface area contributed by atoms with Gasteiger partial charge in [-0.15, -0.1) is 0 Å². The minimum Gasteiger partial charge on any atom is -0.872 e. The maximum atomic E-state index is 13.1. The lowest BCUT2D eigenvalue weighted by Crippen LogP contribution is -3.12. The third-order valence-corrected chi connectivity index (χ3v) is 6.64. The zero-order chi connectivity index (χ0) is 21.5. The Morgan fingerprint density at radius 1 is 1.29 bits per heavy atom. The highest BCUT2D eigenvalue weighted by Crippen LogP contribution is 2.40. The van der Waals surface area contributed by atoms with E-state index in [2.05, 4.69) is 22.9 Å². The molecular formula is C24H24BrNO5. The second-order valence-electron chi connectivity index (χ2n) is 8.58. The summed E-state index contributed by atoms with van der Waals surface area (Å²) in [6.45, 7) is 5.51. The van der Waals surface area contributed by atoms with Crippen LogP contribution >= 0.6 is 15.9 Å². The number of ether oxygens (including phenoxy) is 3. The first-order valence-corrected chi connectivity index (χ1v) is 11.4. The van der Waals surface area contributed by atoms with E-state index in [1.54, 1.807) is 12.1 Å². The Kier molecular flexibility index (Phi) is 5.50. The second-order valence-corrected chi connectivity index (χ2v) is 9.50. The Hall–Kier alpha value is -2.35. The van der Waals surface area contributed by atoms with Crippen molar-refractivity contribution in [2.24, 2.45) is 5.92 Å². The van der Waals surface area contributed by atoms with Crippen molar-refractivity contribution in [2.75, 3.05) is 19.9 Å². The summed E-state index contributed by atoms with van der Waals surface area (Å²) in [7, 11) is 0. The summed E-state index contributed by atoms with van der Waals surface area (Å²) >= 11 is 3.51. The van der Waals surface area contributed by atoms with Crippen molar-refractivity contribution in [2.45, 2.75) is 32.9 Å². The van der Waals surface area contributed by atoms with Gasteiger partial charge in [0.25, 0.3) is 0 Å². The fraction of sp³-hybridized carbons (Fsp3) is 0.375. The summed E-state index contributed by atoms with van der Waals surface area (Å²) in [5.41, 5.74) is 2.70. The summed E-state index contributed by atoms with van der Waals surface area (Å²) in [5, 5.41) is 12.7. The number of rotatable bonds is 3. The van der Waals surface area contributed by atoms with E-state index in [4.69, 9.17) is 14.2 Å². The van der Waals surface area contributed by atoms with Crippen molar-refractivity contribution >= 4 is 27.8 Å². The topological polar surface area (TPSA) is 72.3 Å². The number of allylic oxidation sites excluding steroid dienone is 1. The van der Waals surface area contributed by atoms with Crippen LogP contribution in [0.3, 0.4) is 0 Å². The predicted molar refractivity (Wildman–Crippen MR) is 116 cm³/mol. The largest absolute Gasteiger partial charge is 0.872 e. The molecule has 0 radical (unpaired) electrons. The van der Waals surface area contributed by atoms with Gasteiger partial charge in [0.15, 0.2) is 12.6 Å². The SMILES string of the molecule is CC1CCC[NH+](Cc2c([O-])ccc3c2OC(=Cc2cc(Br)cc4c2OCOC4)C3=O)C1. The first-order valence-electron chi connectivity index (χ1n) is 10.6. The van der Waals surface area contributed by atoms with Crippen LogP contribution in [0.2, 0.25) is 0 Å². The monoisotopic (exact) mass is 485 g/mol. The van der Waals surface area contributed by atoms with Crippen LogP contribution in [0, 0.1) is 5.92 Å². The smallest absolute Gasteiger partial charge is 0.231 e. The molecule has 1 saturated heterocycles. The number of benzene rings is 2. The molecule has 0 aliphatic carbocycles. The van der Waals surface area contributed by atoms with Crippen LogP contribution in [-0.4, -0.2) is 25.7 Å². The van der Waals surface area contributed by atoms with Gasteiger partial charge in [-0.1, -0.05) is 34.7 Å². The van der Waals surface area contributed by atoms with Crippen LogP contribution in [0.25, 0.3) is 6.08 Å². The molecular weight excluding hydrogens is 462 g/mol.